The van der Waals surface area contributed by atoms with Crippen molar-refractivity contribution in [3.8, 4) is 0 Å². The lowest BCUT2D eigenvalue weighted by atomic mass is 9.66. The normalized spacial score (nSPS) is 22.5. The van der Waals surface area contributed by atoms with Crippen molar-refractivity contribution in [3.05, 3.63) is 100 Å². The minimum atomic E-state index is -4.18. The van der Waals surface area contributed by atoms with Gasteiger partial charge in [-0.1, -0.05) is 100 Å². The summed E-state index contributed by atoms with van der Waals surface area (Å²) in [7, 11) is -7.30. The summed E-state index contributed by atoms with van der Waals surface area (Å²) >= 11 is 12.7. The first-order valence-corrected chi connectivity index (χ1v) is 19.2. The predicted molar refractivity (Wildman–Crippen MR) is 184 cm³/mol. The molecule has 2 N–H and O–H groups in total. The molecule has 3 aromatic rings. The van der Waals surface area contributed by atoms with Crippen LogP contribution in [-0.4, -0.2) is 46.4 Å². The third kappa shape index (κ3) is 7.95. The van der Waals surface area contributed by atoms with E-state index in [0.717, 1.165) is 11.1 Å². The Morgan fingerprint density at radius 2 is 1.57 bits per heavy atom. The fourth-order valence-corrected chi connectivity index (χ4v) is 8.92. The average molecular weight is 707 g/mol. The molecule has 8 nitrogen and oxygen atoms in total. The fraction of sp³-hybridized carbons (Fsp3) is 0.412. The molecule has 4 rings (SSSR count). The molecule has 1 aliphatic heterocycles. The van der Waals surface area contributed by atoms with Gasteiger partial charge in [0.15, 0.2) is 0 Å². The summed E-state index contributed by atoms with van der Waals surface area (Å²) in [6.45, 7) is 8.98. The van der Waals surface area contributed by atoms with Crippen LogP contribution in [0.3, 0.4) is 0 Å². The molecule has 2 unspecified atom stereocenters. The van der Waals surface area contributed by atoms with Crippen LogP contribution in [0.5, 0.6) is 0 Å². The number of rotatable bonds is 11. The number of hydrogen-bond donors (Lipinski definition) is 2. The molecule has 1 fully saturated rings. The van der Waals surface area contributed by atoms with E-state index in [1.165, 1.54) is 12.1 Å². The summed E-state index contributed by atoms with van der Waals surface area (Å²) in [4.78, 5) is 30.0. The monoisotopic (exact) mass is 705 g/mol. The van der Waals surface area contributed by atoms with Gasteiger partial charge in [-0.05, 0) is 59.9 Å². The maximum atomic E-state index is 14.9. The summed E-state index contributed by atoms with van der Waals surface area (Å²) < 4.78 is 50.6. The minimum absolute atomic E-state index is 0.0644. The van der Waals surface area contributed by atoms with Gasteiger partial charge in [-0.15, -0.1) is 0 Å². The first kappa shape index (κ1) is 35.9. The van der Waals surface area contributed by atoms with E-state index in [2.05, 4.69) is 4.72 Å². The predicted octanol–water partition coefficient (Wildman–Crippen LogP) is 7.43. The van der Waals surface area contributed by atoms with Crippen LogP contribution in [0.2, 0.25) is 10.0 Å². The number of benzene rings is 3. The zero-order valence-corrected chi connectivity index (χ0v) is 29.7. The molecule has 12 heteroatoms. The van der Waals surface area contributed by atoms with E-state index in [-0.39, 0.29) is 28.9 Å². The number of sulfonamides is 1. The molecule has 3 aromatic carbocycles. The van der Waals surface area contributed by atoms with Gasteiger partial charge in [-0.25, -0.2) is 17.3 Å². The van der Waals surface area contributed by atoms with Crippen LogP contribution in [-0.2, 0) is 29.3 Å². The lowest BCUT2D eigenvalue weighted by molar-refractivity contribution is -0.157. The summed E-state index contributed by atoms with van der Waals surface area (Å²) in [6, 6.07) is 20.9. The average Bonchev–Trinajstić information content (AvgIpc) is 2.98. The second-order valence-electron chi connectivity index (χ2n) is 12.9. The molecule has 46 heavy (non-hydrogen) atoms. The number of piperidine rings is 1. The highest BCUT2D eigenvalue weighted by Crippen LogP contribution is 2.52. The Kier molecular flexibility index (Phi) is 11.0. The quantitative estimate of drug-likeness (QED) is 0.215. The third-order valence-corrected chi connectivity index (χ3v) is 13.0. The fourth-order valence-electron chi connectivity index (χ4n) is 6.15. The number of carbonyl (C=O) groups excluding carboxylic acids is 2. The van der Waals surface area contributed by atoms with Gasteiger partial charge in [-0.3, -0.25) is 14.4 Å². The molecule has 0 aromatic heterocycles. The van der Waals surface area contributed by atoms with Crippen LogP contribution < -0.4 is 4.72 Å². The van der Waals surface area contributed by atoms with Gasteiger partial charge in [0.2, 0.25) is 11.8 Å². The van der Waals surface area contributed by atoms with Crippen molar-refractivity contribution < 1.29 is 22.2 Å². The van der Waals surface area contributed by atoms with Gasteiger partial charge in [0.25, 0.3) is 10.0 Å². The highest BCUT2D eigenvalue weighted by Gasteiger charge is 2.53. The smallest absolute Gasteiger partial charge is 0.264 e. The largest absolute Gasteiger partial charge is 0.330 e. The summed E-state index contributed by atoms with van der Waals surface area (Å²) in [5.74, 6) is -1.87. The number of likely N-dealkylation sites (tertiary alicyclic amines) is 1. The maximum Gasteiger partial charge on any atom is 0.264 e. The number of carbonyl (C=O) groups is 2. The zero-order valence-electron chi connectivity index (χ0n) is 26.6. The lowest BCUT2D eigenvalue weighted by Crippen LogP contribution is -2.59. The van der Waals surface area contributed by atoms with Crippen LogP contribution in [0.1, 0.15) is 70.5 Å². The van der Waals surface area contributed by atoms with Crippen molar-refractivity contribution in [2.75, 3.05) is 5.75 Å². The summed E-state index contributed by atoms with van der Waals surface area (Å²) in [5.41, 5.74) is 0.249. The van der Waals surface area contributed by atoms with Gasteiger partial charge < -0.3 is 4.90 Å². The number of nitrogens with zero attached hydrogens (tertiary/aromatic N) is 1. The van der Waals surface area contributed by atoms with E-state index in [1.807, 2.05) is 44.2 Å². The van der Waals surface area contributed by atoms with E-state index in [1.54, 1.807) is 62.1 Å². The Labute approximate surface area is 282 Å². The van der Waals surface area contributed by atoms with Crippen molar-refractivity contribution in [1.29, 1.82) is 4.78 Å². The van der Waals surface area contributed by atoms with Crippen LogP contribution in [0.15, 0.2) is 83.8 Å². The Bertz CT molecular complexity index is 1780. The van der Waals surface area contributed by atoms with Gasteiger partial charge >= 0.3 is 0 Å². The number of hydrogen-bond acceptors (Lipinski definition) is 6. The Hall–Kier alpha value is -2.92. The van der Waals surface area contributed by atoms with Gasteiger partial charge in [0.05, 0.1) is 22.1 Å². The molecule has 0 bridgehead atoms. The first-order valence-electron chi connectivity index (χ1n) is 15.1. The van der Waals surface area contributed by atoms with Crippen LogP contribution in [0.25, 0.3) is 0 Å². The topological polar surface area (TPSA) is 124 Å². The number of nitrogens with one attached hydrogen (secondary N) is 2. The Morgan fingerprint density at radius 1 is 0.935 bits per heavy atom. The van der Waals surface area contributed by atoms with E-state index < -0.39 is 60.7 Å². The summed E-state index contributed by atoms with van der Waals surface area (Å²) in [6.07, 6.45) is -0.218. The van der Waals surface area contributed by atoms with Gasteiger partial charge in [0.1, 0.15) is 0 Å². The Morgan fingerprint density at radius 3 is 2.13 bits per heavy atom. The second kappa shape index (κ2) is 14.1. The third-order valence-electron chi connectivity index (χ3n) is 8.75. The van der Waals surface area contributed by atoms with E-state index in [9.17, 15) is 22.2 Å². The zero-order chi connectivity index (χ0) is 34.0. The highest BCUT2D eigenvalue weighted by molar-refractivity contribution is 7.93. The molecule has 248 valence electrons. The molecular formula is C34H41Cl2N3O5S2. The maximum absolute atomic E-state index is 14.9. The van der Waals surface area contributed by atoms with Crippen LogP contribution in [0.4, 0.5) is 0 Å². The standard InChI is InChI=1S/C34H41Cl2N3O5S2/c1-22(2)30(21-45(37,42)23(3)4)39-32(24-14-16-26(35)17-15-24)29(25-10-9-11-27(36)18-25)19-34(5,33(39)41)20-31(40)38-46(43,44)28-12-7-6-8-13-28/h6-18,22-23,29-30,32,37H,19-21H2,1-5H3,(H,38,40)/t29-,30?,32-,34-,45?/m1/s1. The minimum Gasteiger partial charge on any atom is -0.330 e. The van der Waals surface area contributed by atoms with Gasteiger partial charge in [0, 0.05) is 43.4 Å². The number of amides is 2. The van der Waals surface area contributed by atoms with Crippen molar-refractivity contribution in [1.82, 2.24) is 9.62 Å². The molecule has 0 aliphatic carbocycles. The lowest BCUT2D eigenvalue weighted by Gasteiger charge is -2.53. The van der Waals surface area contributed by atoms with Crippen LogP contribution >= 0.6 is 23.2 Å². The summed E-state index contributed by atoms with van der Waals surface area (Å²) in [5, 5.41) is 0.567. The number of halogens is 2. The van der Waals surface area contributed by atoms with E-state index >= 15 is 0 Å². The van der Waals surface area contributed by atoms with Crippen molar-refractivity contribution in [2.45, 2.75) is 75.6 Å². The second-order valence-corrected chi connectivity index (χ2v) is 18.2. The first-order chi connectivity index (χ1) is 21.4. The molecule has 1 heterocycles. The molecule has 1 aliphatic rings. The van der Waals surface area contributed by atoms with Gasteiger partial charge in [-0.2, -0.15) is 0 Å². The van der Waals surface area contributed by atoms with E-state index in [4.69, 9.17) is 28.0 Å². The molecule has 1 saturated heterocycles. The Balaban J connectivity index is 1.88. The molecular weight excluding hydrogens is 665 g/mol. The molecule has 5 atom stereocenters. The van der Waals surface area contributed by atoms with Crippen molar-refractivity contribution >= 4 is 54.8 Å². The molecule has 0 radical (unpaired) electrons. The highest BCUT2D eigenvalue weighted by atomic mass is 35.5. The molecule has 2 amide bonds. The molecule has 0 saturated carbocycles. The van der Waals surface area contributed by atoms with Crippen molar-refractivity contribution in [3.63, 3.8) is 0 Å². The van der Waals surface area contributed by atoms with Crippen LogP contribution in [0, 0.1) is 16.1 Å². The SMILES string of the molecule is CC(C)C(CS(=N)(=O)C(C)C)N1C(=O)[C@@](C)(CC(=O)NS(=O)(=O)c2ccccc2)C[C@H](c2cccc(Cl)c2)[C@H]1c1ccc(Cl)cc1. The van der Waals surface area contributed by atoms with E-state index in [0.29, 0.717) is 10.0 Å². The van der Waals surface area contributed by atoms with Crippen molar-refractivity contribution in [2.24, 2.45) is 11.3 Å². The molecule has 0 spiro atoms.